The Bertz CT molecular complexity index is 851. The van der Waals surface area contributed by atoms with Crippen LogP contribution in [0.3, 0.4) is 0 Å². The van der Waals surface area contributed by atoms with Gasteiger partial charge in [-0.25, -0.2) is 0 Å². The molecule has 0 bridgehead atoms. The van der Waals surface area contributed by atoms with Crippen molar-refractivity contribution in [2.45, 2.75) is 13.0 Å². The third-order valence-corrected chi connectivity index (χ3v) is 3.99. The maximum absolute atomic E-state index is 6.37. The van der Waals surface area contributed by atoms with Crippen LogP contribution < -0.4 is 5.73 Å². The van der Waals surface area contributed by atoms with Gasteiger partial charge in [-0.3, -0.25) is 9.67 Å². The molecule has 1 aromatic heterocycles. The summed E-state index contributed by atoms with van der Waals surface area (Å²) in [5, 5.41) is 7.74. The van der Waals surface area contributed by atoms with E-state index in [1.807, 2.05) is 60.0 Å². The second-order valence-corrected chi connectivity index (χ2v) is 5.91. The number of halogens is 1. The van der Waals surface area contributed by atoms with Gasteiger partial charge in [0, 0.05) is 5.02 Å². The first-order valence-corrected chi connectivity index (χ1v) is 7.60. The highest BCUT2D eigenvalue weighted by Gasteiger charge is 2.17. The summed E-state index contributed by atoms with van der Waals surface area (Å²) in [5.74, 6) is 0.649. The molecule has 112 valence electrons. The number of H-pyrrole nitrogens is 1. The van der Waals surface area contributed by atoms with E-state index < -0.39 is 0 Å². The summed E-state index contributed by atoms with van der Waals surface area (Å²) in [6.07, 6.45) is 0. The molecule has 4 nitrogen and oxygen atoms in total. The predicted octanol–water partition coefficient (Wildman–Crippen LogP) is 3.94. The smallest absolute Gasteiger partial charge is 0.199 e. The van der Waals surface area contributed by atoms with Crippen molar-refractivity contribution in [2.75, 3.05) is 0 Å². The second kappa shape index (κ2) is 6.04. The van der Waals surface area contributed by atoms with Gasteiger partial charge in [0.25, 0.3) is 0 Å². The fourth-order valence-corrected chi connectivity index (χ4v) is 2.73. The van der Waals surface area contributed by atoms with Crippen LogP contribution in [0, 0.1) is 11.7 Å². The average molecular weight is 331 g/mol. The molecule has 3 rings (SSSR count). The van der Waals surface area contributed by atoms with Gasteiger partial charge in [-0.05, 0) is 42.9 Å². The Kier molecular flexibility index (Phi) is 4.11. The van der Waals surface area contributed by atoms with E-state index >= 15 is 0 Å². The minimum Gasteiger partial charge on any atom is -0.318 e. The third-order valence-electron chi connectivity index (χ3n) is 3.48. The van der Waals surface area contributed by atoms with E-state index in [-0.39, 0.29) is 6.04 Å². The maximum Gasteiger partial charge on any atom is 0.199 e. The summed E-state index contributed by atoms with van der Waals surface area (Å²) in [6, 6.07) is 15.1. The molecular formula is C16H15ClN4S. The molecule has 0 aliphatic carbocycles. The molecule has 6 heteroatoms. The molecule has 0 spiro atoms. The van der Waals surface area contributed by atoms with E-state index in [0.29, 0.717) is 15.6 Å². The zero-order chi connectivity index (χ0) is 15.7. The van der Waals surface area contributed by atoms with E-state index in [0.717, 1.165) is 11.3 Å². The van der Waals surface area contributed by atoms with Crippen molar-refractivity contribution in [1.29, 1.82) is 0 Å². The Morgan fingerprint density at radius 3 is 2.64 bits per heavy atom. The van der Waals surface area contributed by atoms with Crippen LogP contribution in [0.25, 0.3) is 5.69 Å². The van der Waals surface area contributed by atoms with Crippen molar-refractivity contribution < 1.29 is 0 Å². The van der Waals surface area contributed by atoms with Gasteiger partial charge in [0.05, 0.1) is 11.7 Å². The van der Waals surface area contributed by atoms with E-state index in [1.54, 1.807) is 0 Å². The van der Waals surface area contributed by atoms with E-state index in [1.165, 1.54) is 5.56 Å². The van der Waals surface area contributed by atoms with Crippen molar-refractivity contribution in [3.63, 3.8) is 0 Å². The lowest BCUT2D eigenvalue weighted by Crippen LogP contribution is -2.17. The van der Waals surface area contributed by atoms with Gasteiger partial charge in [0.1, 0.15) is 0 Å². The first-order valence-electron chi connectivity index (χ1n) is 6.81. The van der Waals surface area contributed by atoms with E-state index in [4.69, 9.17) is 29.6 Å². The Balaban J connectivity index is 2.09. The van der Waals surface area contributed by atoms with Crippen LogP contribution in [-0.2, 0) is 0 Å². The van der Waals surface area contributed by atoms with Crippen LogP contribution in [-0.4, -0.2) is 14.8 Å². The average Bonchev–Trinajstić information content (AvgIpc) is 2.89. The predicted molar refractivity (Wildman–Crippen MR) is 91.0 cm³/mol. The topological polar surface area (TPSA) is 59.6 Å². The quantitative estimate of drug-likeness (QED) is 0.715. The van der Waals surface area contributed by atoms with Crippen molar-refractivity contribution >= 4 is 23.8 Å². The lowest BCUT2D eigenvalue weighted by Gasteiger charge is -2.14. The molecule has 0 saturated heterocycles. The number of nitrogens with zero attached hydrogens (tertiary/aromatic N) is 2. The Morgan fingerprint density at radius 2 is 1.95 bits per heavy atom. The fourth-order valence-electron chi connectivity index (χ4n) is 2.31. The molecular weight excluding hydrogens is 316 g/mol. The molecule has 1 heterocycles. The number of aryl methyl sites for hydroxylation is 1. The van der Waals surface area contributed by atoms with Gasteiger partial charge in [-0.2, -0.15) is 5.10 Å². The van der Waals surface area contributed by atoms with E-state index in [9.17, 15) is 0 Å². The van der Waals surface area contributed by atoms with Crippen LogP contribution in [0.1, 0.15) is 23.0 Å². The van der Waals surface area contributed by atoms with Crippen molar-refractivity contribution in [2.24, 2.45) is 5.73 Å². The number of aromatic nitrogens is 3. The Hall–Kier alpha value is -1.95. The number of nitrogens with one attached hydrogen (secondary N) is 1. The molecule has 0 fully saturated rings. The molecule has 3 N–H and O–H groups in total. The van der Waals surface area contributed by atoms with Gasteiger partial charge in [-0.15, -0.1) is 0 Å². The number of benzene rings is 2. The second-order valence-electron chi connectivity index (χ2n) is 5.09. The molecule has 22 heavy (non-hydrogen) atoms. The standard InChI is InChI=1S/C16H15ClN4S/c1-10-5-7-11(8-6-10)14(18)15-19-20-16(22)21(15)13-4-2-3-12(17)9-13/h2-9,14H,18H2,1H3,(H,20,22). The Morgan fingerprint density at radius 1 is 1.23 bits per heavy atom. The summed E-state index contributed by atoms with van der Waals surface area (Å²) in [4.78, 5) is 0. The monoisotopic (exact) mass is 330 g/mol. The lowest BCUT2D eigenvalue weighted by atomic mass is 10.1. The van der Waals surface area contributed by atoms with Crippen LogP contribution in [0.15, 0.2) is 48.5 Å². The highest BCUT2D eigenvalue weighted by molar-refractivity contribution is 7.71. The number of hydrogen-bond donors (Lipinski definition) is 2. The van der Waals surface area contributed by atoms with Crippen molar-refractivity contribution in [3.8, 4) is 5.69 Å². The molecule has 0 amide bonds. The molecule has 0 aliphatic heterocycles. The molecule has 1 atom stereocenters. The summed E-state index contributed by atoms with van der Waals surface area (Å²) in [5.41, 5.74) is 9.37. The Labute approximate surface area is 138 Å². The normalized spacial score (nSPS) is 12.3. The fraction of sp³-hybridized carbons (Fsp3) is 0.125. The largest absolute Gasteiger partial charge is 0.318 e. The molecule has 0 aliphatic rings. The number of rotatable bonds is 3. The number of nitrogens with two attached hydrogens (primary N) is 1. The summed E-state index contributed by atoms with van der Waals surface area (Å²) < 4.78 is 2.30. The highest BCUT2D eigenvalue weighted by atomic mass is 35.5. The minimum atomic E-state index is -0.382. The summed E-state index contributed by atoms with van der Waals surface area (Å²) in [6.45, 7) is 2.04. The minimum absolute atomic E-state index is 0.382. The van der Waals surface area contributed by atoms with Gasteiger partial charge in [-0.1, -0.05) is 47.5 Å². The van der Waals surface area contributed by atoms with Gasteiger partial charge in [0.2, 0.25) is 0 Å². The van der Waals surface area contributed by atoms with Crippen molar-refractivity contribution in [1.82, 2.24) is 14.8 Å². The van der Waals surface area contributed by atoms with Gasteiger partial charge >= 0.3 is 0 Å². The SMILES string of the molecule is Cc1ccc(C(N)c2n[nH]c(=S)n2-c2cccc(Cl)c2)cc1. The zero-order valence-electron chi connectivity index (χ0n) is 12.0. The molecule has 3 aromatic rings. The molecule has 0 radical (unpaired) electrons. The van der Waals surface area contributed by atoms with E-state index in [2.05, 4.69) is 10.2 Å². The summed E-state index contributed by atoms with van der Waals surface area (Å²) >= 11 is 11.4. The number of aromatic amines is 1. The first-order chi connectivity index (χ1) is 10.6. The van der Waals surface area contributed by atoms with Crippen LogP contribution in [0.4, 0.5) is 0 Å². The molecule has 0 saturated carbocycles. The van der Waals surface area contributed by atoms with Crippen LogP contribution >= 0.6 is 23.8 Å². The molecule has 2 aromatic carbocycles. The highest BCUT2D eigenvalue weighted by Crippen LogP contribution is 2.23. The van der Waals surface area contributed by atoms with Crippen LogP contribution in [0.5, 0.6) is 0 Å². The van der Waals surface area contributed by atoms with Crippen LogP contribution in [0.2, 0.25) is 5.02 Å². The summed E-state index contributed by atoms with van der Waals surface area (Å²) in [7, 11) is 0. The zero-order valence-corrected chi connectivity index (χ0v) is 13.5. The van der Waals surface area contributed by atoms with Gasteiger partial charge < -0.3 is 5.73 Å². The third kappa shape index (κ3) is 2.83. The molecule has 1 unspecified atom stereocenters. The number of hydrogen-bond acceptors (Lipinski definition) is 3. The first kappa shape index (κ1) is 15.0. The lowest BCUT2D eigenvalue weighted by molar-refractivity contribution is 0.750. The maximum atomic E-state index is 6.37. The van der Waals surface area contributed by atoms with Gasteiger partial charge in [0.15, 0.2) is 10.6 Å². The van der Waals surface area contributed by atoms with Crippen molar-refractivity contribution in [3.05, 3.63) is 75.3 Å².